The first kappa shape index (κ1) is 17.5. The van der Waals surface area contributed by atoms with Crippen LogP contribution >= 0.6 is 0 Å². The number of nitrogens with one attached hydrogen (secondary N) is 1. The lowest BCUT2D eigenvalue weighted by atomic mass is 10.1. The van der Waals surface area contributed by atoms with Gasteiger partial charge in [0.2, 0.25) is 0 Å². The van der Waals surface area contributed by atoms with Crippen LogP contribution in [0, 0.1) is 6.92 Å². The van der Waals surface area contributed by atoms with E-state index in [2.05, 4.69) is 10.5 Å². The molecule has 0 fully saturated rings. The van der Waals surface area contributed by atoms with Gasteiger partial charge in [0.15, 0.2) is 0 Å². The second-order valence-electron chi connectivity index (χ2n) is 5.85. The molecule has 0 atom stereocenters. The fraction of sp³-hybridized carbons (Fsp3) is 0.263. The fourth-order valence-corrected chi connectivity index (χ4v) is 2.16. The maximum atomic E-state index is 12.1. The first-order valence-electron chi connectivity index (χ1n) is 7.78. The van der Waals surface area contributed by atoms with E-state index in [0.29, 0.717) is 22.6 Å². The zero-order valence-electron chi connectivity index (χ0n) is 14.3. The highest BCUT2D eigenvalue weighted by Crippen LogP contribution is 2.19. The van der Waals surface area contributed by atoms with E-state index < -0.39 is 0 Å². The monoisotopic (exact) mass is 326 g/mol. The molecular formula is C19H22N2O3. The summed E-state index contributed by atoms with van der Waals surface area (Å²) in [5, 5.41) is 14.0. The summed E-state index contributed by atoms with van der Waals surface area (Å²) in [5.41, 5.74) is 5.11. The number of rotatable bonds is 5. The lowest BCUT2D eigenvalue weighted by Gasteiger charge is -2.10. The molecule has 0 spiro atoms. The van der Waals surface area contributed by atoms with E-state index >= 15 is 0 Å². The fourth-order valence-electron chi connectivity index (χ4n) is 2.16. The molecule has 0 saturated heterocycles. The topological polar surface area (TPSA) is 70.9 Å². The minimum Gasteiger partial charge on any atom is -0.507 e. The number of carbonyl (C=O) groups excluding carboxylic acids is 1. The van der Waals surface area contributed by atoms with Gasteiger partial charge in [-0.2, -0.15) is 5.10 Å². The van der Waals surface area contributed by atoms with Crippen molar-refractivity contribution in [3.05, 3.63) is 59.2 Å². The van der Waals surface area contributed by atoms with Gasteiger partial charge in [-0.1, -0.05) is 11.6 Å². The van der Waals surface area contributed by atoms with Crippen LogP contribution in [0.1, 0.15) is 42.3 Å². The Morgan fingerprint density at radius 2 is 1.83 bits per heavy atom. The number of aromatic hydroxyl groups is 1. The first-order chi connectivity index (χ1) is 11.4. The van der Waals surface area contributed by atoms with E-state index in [1.54, 1.807) is 37.3 Å². The van der Waals surface area contributed by atoms with Crippen molar-refractivity contribution in [3.8, 4) is 11.5 Å². The van der Waals surface area contributed by atoms with Crippen molar-refractivity contribution >= 4 is 11.6 Å². The zero-order valence-corrected chi connectivity index (χ0v) is 14.3. The number of ether oxygens (including phenoxy) is 1. The van der Waals surface area contributed by atoms with Crippen LogP contribution in [0.3, 0.4) is 0 Å². The molecular weight excluding hydrogens is 304 g/mol. The highest BCUT2D eigenvalue weighted by atomic mass is 16.5. The molecule has 0 unspecified atom stereocenters. The summed E-state index contributed by atoms with van der Waals surface area (Å²) in [4.78, 5) is 12.1. The molecule has 0 aliphatic rings. The van der Waals surface area contributed by atoms with Crippen molar-refractivity contribution in [3.63, 3.8) is 0 Å². The molecule has 1 amide bonds. The lowest BCUT2D eigenvalue weighted by molar-refractivity contribution is 0.0955. The molecule has 2 rings (SSSR count). The average Bonchev–Trinajstić information content (AvgIpc) is 2.54. The summed E-state index contributed by atoms with van der Waals surface area (Å²) in [5.74, 6) is 0.523. The molecule has 0 heterocycles. The number of hydrogen-bond donors (Lipinski definition) is 2. The van der Waals surface area contributed by atoms with Gasteiger partial charge >= 0.3 is 0 Å². The lowest BCUT2D eigenvalue weighted by Crippen LogP contribution is -2.19. The van der Waals surface area contributed by atoms with Crippen molar-refractivity contribution in [2.75, 3.05) is 0 Å². The Balaban J connectivity index is 2.07. The molecule has 0 bridgehead atoms. The van der Waals surface area contributed by atoms with Crippen molar-refractivity contribution in [2.24, 2.45) is 5.10 Å². The van der Waals surface area contributed by atoms with Crippen molar-refractivity contribution in [1.29, 1.82) is 0 Å². The summed E-state index contributed by atoms with van der Waals surface area (Å²) in [6, 6.07) is 12.1. The second-order valence-corrected chi connectivity index (χ2v) is 5.85. The van der Waals surface area contributed by atoms with Crippen LogP contribution in [0.25, 0.3) is 0 Å². The van der Waals surface area contributed by atoms with Crippen LogP contribution in [0.15, 0.2) is 47.6 Å². The predicted molar refractivity (Wildman–Crippen MR) is 94.7 cm³/mol. The number of nitrogens with zero attached hydrogens (tertiary/aromatic N) is 1. The van der Waals surface area contributed by atoms with E-state index in [1.165, 1.54) is 0 Å². The summed E-state index contributed by atoms with van der Waals surface area (Å²) in [7, 11) is 0. The van der Waals surface area contributed by atoms with Gasteiger partial charge in [0.25, 0.3) is 5.91 Å². The van der Waals surface area contributed by atoms with Crippen molar-refractivity contribution in [2.45, 2.75) is 33.8 Å². The Morgan fingerprint density at radius 3 is 2.46 bits per heavy atom. The SMILES string of the molecule is C/C(=N\NC(=O)c1ccc(OC(C)C)cc1)c1cc(C)ccc1O. The molecule has 0 aliphatic heterocycles. The third-order valence-corrected chi connectivity index (χ3v) is 3.36. The molecule has 2 aromatic carbocycles. The maximum absolute atomic E-state index is 12.1. The van der Waals surface area contributed by atoms with Crippen LogP contribution in [0.2, 0.25) is 0 Å². The number of phenols is 1. The highest BCUT2D eigenvalue weighted by Gasteiger charge is 2.08. The summed E-state index contributed by atoms with van der Waals surface area (Å²) < 4.78 is 5.54. The standard InChI is InChI=1S/C19H22N2O3/c1-12(2)24-16-8-6-15(7-9-16)19(23)21-20-14(4)17-11-13(3)5-10-18(17)22/h5-12,22H,1-4H3,(H,21,23)/b20-14+. The minimum atomic E-state index is -0.322. The smallest absolute Gasteiger partial charge is 0.271 e. The molecule has 24 heavy (non-hydrogen) atoms. The van der Waals surface area contributed by atoms with Crippen LogP contribution < -0.4 is 10.2 Å². The van der Waals surface area contributed by atoms with Crippen LogP contribution in [0.4, 0.5) is 0 Å². The van der Waals surface area contributed by atoms with E-state index in [-0.39, 0.29) is 17.8 Å². The van der Waals surface area contributed by atoms with E-state index in [0.717, 1.165) is 5.56 Å². The number of benzene rings is 2. The first-order valence-corrected chi connectivity index (χ1v) is 7.78. The molecule has 5 nitrogen and oxygen atoms in total. The number of aryl methyl sites for hydroxylation is 1. The minimum absolute atomic E-state index is 0.0823. The molecule has 0 aromatic heterocycles. The predicted octanol–water partition coefficient (Wildman–Crippen LogP) is 3.64. The van der Waals surface area contributed by atoms with Crippen molar-refractivity contribution < 1.29 is 14.6 Å². The molecule has 2 aromatic rings. The summed E-state index contributed by atoms with van der Waals surface area (Å²) in [6.07, 6.45) is 0.0823. The quantitative estimate of drug-likeness (QED) is 0.651. The molecule has 0 saturated carbocycles. The third kappa shape index (κ3) is 4.59. The van der Waals surface area contributed by atoms with Gasteiger partial charge in [-0.15, -0.1) is 0 Å². The molecule has 5 heteroatoms. The molecule has 126 valence electrons. The number of phenolic OH excluding ortho intramolecular Hbond substituents is 1. The average molecular weight is 326 g/mol. The van der Waals surface area contributed by atoms with Gasteiger partial charge in [0, 0.05) is 11.1 Å². The number of carbonyl (C=O) groups is 1. The van der Waals surface area contributed by atoms with Crippen LogP contribution in [-0.2, 0) is 0 Å². The number of amides is 1. The van der Waals surface area contributed by atoms with Crippen LogP contribution in [0.5, 0.6) is 11.5 Å². The summed E-state index contributed by atoms with van der Waals surface area (Å²) >= 11 is 0. The zero-order chi connectivity index (χ0) is 17.7. The number of hydrogen-bond acceptors (Lipinski definition) is 4. The van der Waals surface area contributed by atoms with Gasteiger partial charge in [-0.25, -0.2) is 5.43 Å². The molecule has 0 radical (unpaired) electrons. The van der Waals surface area contributed by atoms with E-state index in [1.807, 2.05) is 32.9 Å². The highest BCUT2D eigenvalue weighted by molar-refractivity contribution is 6.02. The van der Waals surface area contributed by atoms with Crippen LogP contribution in [-0.4, -0.2) is 22.8 Å². The molecule has 0 aliphatic carbocycles. The Hall–Kier alpha value is -2.82. The van der Waals surface area contributed by atoms with E-state index in [9.17, 15) is 9.90 Å². The Bertz CT molecular complexity index is 750. The van der Waals surface area contributed by atoms with Gasteiger partial charge in [0.05, 0.1) is 11.8 Å². The maximum Gasteiger partial charge on any atom is 0.271 e. The molecule has 2 N–H and O–H groups in total. The van der Waals surface area contributed by atoms with Crippen molar-refractivity contribution in [1.82, 2.24) is 5.43 Å². The van der Waals surface area contributed by atoms with Gasteiger partial charge in [-0.05, 0) is 64.1 Å². The summed E-state index contributed by atoms with van der Waals surface area (Å²) in [6.45, 7) is 7.54. The van der Waals surface area contributed by atoms with Gasteiger partial charge in [-0.3, -0.25) is 4.79 Å². The van der Waals surface area contributed by atoms with Gasteiger partial charge < -0.3 is 9.84 Å². The van der Waals surface area contributed by atoms with Gasteiger partial charge in [0.1, 0.15) is 11.5 Å². The third-order valence-electron chi connectivity index (χ3n) is 3.36. The largest absolute Gasteiger partial charge is 0.507 e. The Kier molecular flexibility index (Phi) is 5.58. The van der Waals surface area contributed by atoms with E-state index in [4.69, 9.17) is 4.74 Å². The normalized spacial score (nSPS) is 11.5. The second kappa shape index (κ2) is 7.64. The Labute approximate surface area is 142 Å². The Morgan fingerprint density at radius 1 is 1.17 bits per heavy atom. The number of hydrazone groups is 1.